The SMILES string of the molecule is Cn1ccnc1C(O)(CC(=O)NCC(O)c1ccco1)C(F)(F)F. The third kappa shape index (κ3) is 3.60. The molecule has 0 saturated carbocycles. The van der Waals surface area contributed by atoms with E-state index in [2.05, 4.69) is 10.3 Å². The number of hydrogen-bond acceptors (Lipinski definition) is 5. The van der Waals surface area contributed by atoms with Gasteiger partial charge in [-0.3, -0.25) is 4.79 Å². The summed E-state index contributed by atoms with van der Waals surface area (Å²) in [5.74, 6) is -1.63. The minimum atomic E-state index is -5.11. The molecule has 0 aromatic carbocycles. The predicted molar refractivity (Wildman–Crippen MR) is 74.5 cm³/mol. The summed E-state index contributed by atoms with van der Waals surface area (Å²) in [6.45, 7) is -0.360. The molecule has 2 atom stereocenters. The molecule has 1 amide bonds. The molecule has 24 heavy (non-hydrogen) atoms. The zero-order valence-corrected chi connectivity index (χ0v) is 12.6. The highest BCUT2D eigenvalue weighted by molar-refractivity contribution is 5.77. The van der Waals surface area contributed by atoms with Crippen LogP contribution in [0.5, 0.6) is 0 Å². The number of furan rings is 1. The molecule has 0 saturated heterocycles. The van der Waals surface area contributed by atoms with E-state index in [4.69, 9.17) is 4.42 Å². The second kappa shape index (κ2) is 6.65. The van der Waals surface area contributed by atoms with Crippen LogP contribution in [0.2, 0.25) is 0 Å². The van der Waals surface area contributed by atoms with Crippen molar-refractivity contribution in [3.05, 3.63) is 42.4 Å². The fraction of sp³-hybridized carbons (Fsp3) is 0.429. The standard InChI is InChI=1S/C14H16F3N3O4/c1-20-5-4-18-12(20)13(23,14(15,16)17)7-11(22)19-8-9(21)10-3-2-6-24-10/h2-6,9,21,23H,7-8H2,1H3,(H,19,22). The Morgan fingerprint density at radius 3 is 2.71 bits per heavy atom. The normalized spacial score (nSPS) is 15.8. The van der Waals surface area contributed by atoms with Gasteiger partial charge in [0.05, 0.1) is 19.2 Å². The van der Waals surface area contributed by atoms with Crippen molar-refractivity contribution in [1.82, 2.24) is 14.9 Å². The fourth-order valence-corrected chi connectivity index (χ4v) is 2.16. The zero-order chi connectivity index (χ0) is 18.0. The zero-order valence-electron chi connectivity index (χ0n) is 12.6. The number of aliphatic hydroxyl groups excluding tert-OH is 1. The van der Waals surface area contributed by atoms with Gasteiger partial charge in [0.15, 0.2) is 5.82 Å². The van der Waals surface area contributed by atoms with Crippen molar-refractivity contribution in [2.24, 2.45) is 7.05 Å². The predicted octanol–water partition coefficient (Wildman–Crippen LogP) is 1.00. The molecule has 0 aliphatic heterocycles. The number of imidazole rings is 1. The maximum Gasteiger partial charge on any atom is 0.425 e. The first-order valence-electron chi connectivity index (χ1n) is 6.90. The van der Waals surface area contributed by atoms with E-state index in [1.54, 1.807) is 0 Å². The molecule has 2 aromatic rings. The van der Waals surface area contributed by atoms with E-state index >= 15 is 0 Å². The third-order valence-electron chi connectivity index (χ3n) is 3.44. The number of aliphatic hydroxyl groups is 2. The summed E-state index contributed by atoms with van der Waals surface area (Å²) in [5, 5.41) is 21.9. The lowest BCUT2D eigenvalue weighted by molar-refractivity contribution is -0.271. The average Bonchev–Trinajstić information content (AvgIpc) is 3.14. The number of rotatable bonds is 6. The van der Waals surface area contributed by atoms with Crippen molar-refractivity contribution in [1.29, 1.82) is 0 Å². The minimum absolute atomic E-state index is 0.158. The molecule has 7 nitrogen and oxygen atoms in total. The minimum Gasteiger partial charge on any atom is -0.467 e. The van der Waals surface area contributed by atoms with Crippen LogP contribution in [0.15, 0.2) is 35.2 Å². The molecule has 0 spiro atoms. The maximum atomic E-state index is 13.3. The van der Waals surface area contributed by atoms with Gasteiger partial charge in [0.25, 0.3) is 0 Å². The largest absolute Gasteiger partial charge is 0.467 e. The first-order chi connectivity index (χ1) is 11.1. The second-order valence-electron chi connectivity index (χ2n) is 5.23. The van der Waals surface area contributed by atoms with Crippen LogP contribution in [0, 0.1) is 0 Å². The Kier molecular flexibility index (Phi) is 4.99. The molecular formula is C14H16F3N3O4. The van der Waals surface area contributed by atoms with Gasteiger partial charge in [0.2, 0.25) is 11.5 Å². The van der Waals surface area contributed by atoms with Crippen molar-refractivity contribution >= 4 is 5.91 Å². The quantitative estimate of drug-likeness (QED) is 0.724. The first kappa shape index (κ1) is 18.0. The molecule has 0 radical (unpaired) electrons. The molecular weight excluding hydrogens is 331 g/mol. The molecule has 2 rings (SSSR count). The van der Waals surface area contributed by atoms with Crippen LogP contribution in [-0.4, -0.2) is 38.4 Å². The van der Waals surface area contributed by atoms with Crippen molar-refractivity contribution in [3.63, 3.8) is 0 Å². The number of halogens is 3. The number of aryl methyl sites for hydroxylation is 1. The molecule has 132 valence electrons. The van der Waals surface area contributed by atoms with Crippen LogP contribution in [0.3, 0.4) is 0 Å². The molecule has 2 unspecified atom stereocenters. The molecule has 0 bridgehead atoms. The van der Waals surface area contributed by atoms with Gasteiger partial charge in [0.1, 0.15) is 11.9 Å². The average molecular weight is 347 g/mol. The Balaban J connectivity index is 2.07. The maximum absolute atomic E-state index is 13.3. The van der Waals surface area contributed by atoms with E-state index in [0.717, 1.165) is 10.8 Å². The van der Waals surface area contributed by atoms with E-state index in [0.29, 0.717) is 0 Å². The number of hydrogen-bond donors (Lipinski definition) is 3. The van der Waals surface area contributed by atoms with Gasteiger partial charge in [-0.2, -0.15) is 13.2 Å². The second-order valence-corrected chi connectivity index (χ2v) is 5.23. The molecule has 3 N–H and O–H groups in total. The summed E-state index contributed by atoms with van der Waals surface area (Å²) in [4.78, 5) is 15.3. The number of carbonyl (C=O) groups is 1. The molecule has 0 aliphatic carbocycles. The molecule has 2 heterocycles. The van der Waals surface area contributed by atoms with E-state index in [-0.39, 0.29) is 12.3 Å². The smallest absolute Gasteiger partial charge is 0.425 e. The molecule has 0 aliphatic rings. The lowest BCUT2D eigenvalue weighted by Gasteiger charge is -2.29. The molecule has 2 aromatic heterocycles. The Bertz CT molecular complexity index is 684. The highest BCUT2D eigenvalue weighted by Gasteiger charge is 2.58. The fourth-order valence-electron chi connectivity index (χ4n) is 2.16. The first-order valence-corrected chi connectivity index (χ1v) is 6.90. The van der Waals surface area contributed by atoms with Gasteiger partial charge in [-0.1, -0.05) is 0 Å². The number of carbonyl (C=O) groups excluding carboxylic acids is 1. The summed E-state index contributed by atoms with van der Waals surface area (Å²) in [6.07, 6.45) is -3.98. The Hall–Kier alpha value is -2.33. The Morgan fingerprint density at radius 2 is 2.21 bits per heavy atom. The van der Waals surface area contributed by atoms with Crippen molar-refractivity contribution in [3.8, 4) is 0 Å². The van der Waals surface area contributed by atoms with Crippen molar-refractivity contribution in [2.75, 3.05) is 6.54 Å². The summed E-state index contributed by atoms with van der Waals surface area (Å²) >= 11 is 0. The topological polar surface area (TPSA) is 101 Å². The number of nitrogens with zero attached hydrogens (tertiary/aromatic N) is 2. The lowest BCUT2D eigenvalue weighted by atomic mass is 9.97. The van der Waals surface area contributed by atoms with Gasteiger partial charge in [-0.05, 0) is 12.1 Å². The number of amides is 1. The summed E-state index contributed by atoms with van der Waals surface area (Å²) in [5.41, 5.74) is -3.44. The number of nitrogens with one attached hydrogen (secondary N) is 1. The van der Waals surface area contributed by atoms with Gasteiger partial charge in [0, 0.05) is 19.4 Å². The summed E-state index contributed by atoms with van der Waals surface area (Å²) in [6, 6.07) is 2.97. The Morgan fingerprint density at radius 1 is 1.50 bits per heavy atom. The van der Waals surface area contributed by atoms with Gasteiger partial charge >= 0.3 is 6.18 Å². The van der Waals surface area contributed by atoms with E-state index in [9.17, 15) is 28.2 Å². The van der Waals surface area contributed by atoms with Crippen LogP contribution >= 0.6 is 0 Å². The molecule has 0 fully saturated rings. The van der Waals surface area contributed by atoms with Crippen LogP contribution in [0.25, 0.3) is 0 Å². The summed E-state index contributed by atoms with van der Waals surface area (Å²) in [7, 11) is 1.28. The van der Waals surface area contributed by atoms with Gasteiger partial charge < -0.3 is 24.5 Å². The van der Waals surface area contributed by atoms with Gasteiger partial charge in [-0.15, -0.1) is 0 Å². The van der Waals surface area contributed by atoms with Crippen LogP contribution in [-0.2, 0) is 17.4 Å². The van der Waals surface area contributed by atoms with Crippen molar-refractivity contribution < 1.29 is 32.6 Å². The Labute approximate surface area is 134 Å². The van der Waals surface area contributed by atoms with E-state index in [1.807, 2.05) is 0 Å². The van der Waals surface area contributed by atoms with Crippen molar-refractivity contribution in [2.45, 2.75) is 24.3 Å². The van der Waals surface area contributed by atoms with Crippen LogP contribution < -0.4 is 5.32 Å². The third-order valence-corrected chi connectivity index (χ3v) is 3.44. The van der Waals surface area contributed by atoms with E-state index < -0.39 is 36.0 Å². The molecule has 10 heteroatoms. The highest BCUT2D eigenvalue weighted by Crippen LogP contribution is 2.40. The lowest BCUT2D eigenvalue weighted by Crippen LogP contribution is -2.48. The van der Waals surface area contributed by atoms with Crippen LogP contribution in [0.1, 0.15) is 24.1 Å². The van der Waals surface area contributed by atoms with Crippen LogP contribution in [0.4, 0.5) is 13.2 Å². The number of alkyl halides is 3. The van der Waals surface area contributed by atoms with E-state index in [1.165, 1.54) is 31.6 Å². The highest BCUT2D eigenvalue weighted by atomic mass is 19.4. The monoisotopic (exact) mass is 347 g/mol. The van der Waals surface area contributed by atoms with Gasteiger partial charge in [-0.25, -0.2) is 4.98 Å². The summed E-state index contributed by atoms with van der Waals surface area (Å²) < 4.78 is 45.7. The number of aromatic nitrogens is 2.